The van der Waals surface area contributed by atoms with E-state index < -0.39 is 5.97 Å². The Hall–Kier alpha value is -1.26. The molecule has 1 aromatic rings. The molecule has 18 heavy (non-hydrogen) atoms. The summed E-state index contributed by atoms with van der Waals surface area (Å²) in [4.78, 5) is 10.8. The maximum Gasteiger partial charge on any atom is 0.335 e. The molecule has 5 heteroatoms. The zero-order valence-corrected chi connectivity index (χ0v) is 11.5. The van der Waals surface area contributed by atoms with E-state index in [9.17, 15) is 4.79 Å². The molecule has 0 amide bonds. The van der Waals surface area contributed by atoms with Crippen molar-refractivity contribution in [3.8, 4) is 0 Å². The first-order chi connectivity index (χ1) is 8.35. The van der Waals surface area contributed by atoms with Crippen LogP contribution in [0.25, 0.3) is 0 Å². The number of aromatic carboxylic acids is 1. The van der Waals surface area contributed by atoms with Crippen LogP contribution in [0.4, 0.5) is 5.69 Å². The third-order valence-electron chi connectivity index (χ3n) is 2.46. The minimum absolute atomic E-state index is 0.176. The highest BCUT2D eigenvalue weighted by Crippen LogP contribution is 2.24. The van der Waals surface area contributed by atoms with Crippen molar-refractivity contribution >= 4 is 23.3 Å². The monoisotopic (exact) mass is 271 g/mol. The molecule has 0 aromatic heterocycles. The first-order valence-electron chi connectivity index (χ1n) is 5.76. The van der Waals surface area contributed by atoms with Gasteiger partial charge in [0.25, 0.3) is 0 Å². The van der Waals surface area contributed by atoms with Crippen LogP contribution < -0.4 is 5.32 Å². The van der Waals surface area contributed by atoms with Crippen LogP contribution in [-0.2, 0) is 4.74 Å². The van der Waals surface area contributed by atoms with Gasteiger partial charge in [-0.25, -0.2) is 4.79 Å². The van der Waals surface area contributed by atoms with Gasteiger partial charge in [-0.3, -0.25) is 0 Å². The predicted molar refractivity (Wildman–Crippen MR) is 72.6 cm³/mol. The number of ether oxygens (including phenoxy) is 1. The molecule has 0 bridgehead atoms. The molecule has 0 radical (unpaired) electrons. The average Bonchev–Trinajstić information content (AvgIpc) is 2.27. The highest BCUT2D eigenvalue weighted by molar-refractivity contribution is 6.33. The van der Waals surface area contributed by atoms with Gasteiger partial charge in [0.05, 0.1) is 21.9 Å². The fraction of sp³-hybridized carbons (Fsp3) is 0.462. The Morgan fingerprint density at radius 3 is 2.67 bits per heavy atom. The third kappa shape index (κ3) is 4.20. The van der Waals surface area contributed by atoms with Gasteiger partial charge in [0.15, 0.2) is 0 Å². The zero-order chi connectivity index (χ0) is 13.8. The number of carbonyl (C=O) groups is 1. The van der Waals surface area contributed by atoms with Crippen LogP contribution >= 0.6 is 11.6 Å². The number of halogens is 1. The molecule has 0 aliphatic heterocycles. The topological polar surface area (TPSA) is 58.6 Å². The molecule has 2 N–H and O–H groups in total. The van der Waals surface area contributed by atoms with Gasteiger partial charge < -0.3 is 15.2 Å². The van der Waals surface area contributed by atoms with E-state index >= 15 is 0 Å². The molecule has 0 aliphatic carbocycles. The lowest BCUT2D eigenvalue weighted by Gasteiger charge is -2.25. The molecular formula is C13H18ClNO3. The smallest absolute Gasteiger partial charge is 0.335 e. The molecule has 0 saturated carbocycles. The van der Waals surface area contributed by atoms with Crippen LogP contribution in [0.3, 0.4) is 0 Å². The van der Waals surface area contributed by atoms with Crippen molar-refractivity contribution in [2.24, 2.45) is 0 Å². The lowest BCUT2D eigenvalue weighted by atomic mass is 10.1. The number of carboxylic acid groups (broad SMARTS) is 1. The van der Waals surface area contributed by atoms with E-state index in [4.69, 9.17) is 21.4 Å². The van der Waals surface area contributed by atoms with Crippen molar-refractivity contribution in [3.63, 3.8) is 0 Å². The molecule has 0 heterocycles. The Kier molecular flexibility index (Phi) is 4.99. The third-order valence-corrected chi connectivity index (χ3v) is 2.77. The molecule has 0 unspecified atom stereocenters. The summed E-state index contributed by atoms with van der Waals surface area (Å²) in [7, 11) is 0. The SMILES string of the molecule is CCOC(C)(C)CNc1ccc(C(=O)O)cc1Cl. The minimum atomic E-state index is -0.988. The summed E-state index contributed by atoms with van der Waals surface area (Å²) in [5, 5.41) is 12.4. The summed E-state index contributed by atoms with van der Waals surface area (Å²) in [5.74, 6) is -0.988. The summed E-state index contributed by atoms with van der Waals surface area (Å²) in [6, 6.07) is 4.61. The number of benzene rings is 1. The lowest BCUT2D eigenvalue weighted by Crippen LogP contribution is -2.33. The molecule has 0 saturated heterocycles. The van der Waals surface area contributed by atoms with Gasteiger partial charge in [-0.1, -0.05) is 11.6 Å². The predicted octanol–water partition coefficient (Wildman–Crippen LogP) is 3.27. The normalized spacial score (nSPS) is 11.3. The fourth-order valence-electron chi connectivity index (χ4n) is 1.54. The van der Waals surface area contributed by atoms with Crippen molar-refractivity contribution in [1.82, 2.24) is 0 Å². The molecule has 0 atom stereocenters. The standard InChI is InChI=1S/C13H18ClNO3/c1-4-18-13(2,3)8-15-11-6-5-9(12(16)17)7-10(11)14/h5-7,15H,4,8H2,1-3H3,(H,16,17). The molecular weight excluding hydrogens is 254 g/mol. The van der Waals surface area contributed by atoms with Gasteiger partial charge in [-0.05, 0) is 39.0 Å². The fourth-order valence-corrected chi connectivity index (χ4v) is 1.79. The molecule has 1 aromatic carbocycles. The largest absolute Gasteiger partial charge is 0.478 e. The molecule has 100 valence electrons. The second kappa shape index (κ2) is 6.07. The molecule has 0 fully saturated rings. The minimum Gasteiger partial charge on any atom is -0.478 e. The van der Waals surface area contributed by atoms with Gasteiger partial charge in [0.2, 0.25) is 0 Å². The first kappa shape index (κ1) is 14.8. The van der Waals surface area contributed by atoms with Crippen molar-refractivity contribution < 1.29 is 14.6 Å². The second-order valence-corrected chi connectivity index (χ2v) is 4.95. The Morgan fingerprint density at radius 1 is 1.50 bits per heavy atom. The lowest BCUT2D eigenvalue weighted by molar-refractivity contribution is 0.000693. The Morgan fingerprint density at radius 2 is 2.17 bits per heavy atom. The Balaban J connectivity index is 2.71. The maximum absolute atomic E-state index is 10.8. The van der Waals surface area contributed by atoms with E-state index in [2.05, 4.69) is 5.32 Å². The number of nitrogens with one attached hydrogen (secondary N) is 1. The summed E-state index contributed by atoms with van der Waals surface area (Å²) in [5.41, 5.74) is 0.577. The summed E-state index contributed by atoms with van der Waals surface area (Å²) in [6.45, 7) is 7.12. The van der Waals surface area contributed by atoms with Crippen LogP contribution in [0.5, 0.6) is 0 Å². The van der Waals surface area contributed by atoms with Crippen molar-refractivity contribution in [1.29, 1.82) is 0 Å². The summed E-state index contributed by atoms with van der Waals surface area (Å²) < 4.78 is 5.55. The number of rotatable bonds is 6. The van der Waals surface area contributed by atoms with E-state index in [0.717, 1.165) is 0 Å². The van der Waals surface area contributed by atoms with Gasteiger partial charge in [-0.2, -0.15) is 0 Å². The molecule has 0 spiro atoms. The van der Waals surface area contributed by atoms with E-state index in [1.807, 2.05) is 20.8 Å². The first-order valence-corrected chi connectivity index (χ1v) is 6.14. The number of carboxylic acids is 1. The molecule has 1 rings (SSSR count). The number of hydrogen-bond acceptors (Lipinski definition) is 3. The van der Waals surface area contributed by atoms with E-state index in [1.54, 1.807) is 6.07 Å². The van der Waals surface area contributed by atoms with E-state index in [-0.39, 0.29) is 11.2 Å². The van der Waals surface area contributed by atoms with Crippen LogP contribution in [0.15, 0.2) is 18.2 Å². The van der Waals surface area contributed by atoms with Gasteiger partial charge in [0.1, 0.15) is 0 Å². The van der Waals surface area contributed by atoms with Gasteiger partial charge in [0, 0.05) is 13.2 Å². The molecule has 0 aliphatic rings. The Labute approximate surface area is 112 Å². The van der Waals surface area contributed by atoms with Crippen molar-refractivity contribution in [3.05, 3.63) is 28.8 Å². The van der Waals surface area contributed by atoms with Crippen LogP contribution in [0, 0.1) is 0 Å². The van der Waals surface area contributed by atoms with Crippen LogP contribution in [0.2, 0.25) is 5.02 Å². The zero-order valence-electron chi connectivity index (χ0n) is 10.8. The molecule has 4 nitrogen and oxygen atoms in total. The number of anilines is 1. The highest BCUT2D eigenvalue weighted by Gasteiger charge is 2.17. The van der Waals surface area contributed by atoms with Gasteiger partial charge in [-0.15, -0.1) is 0 Å². The highest BCUT2D eigenvalue weighted by atomic mass is 35.5. The van der Waals surface area contributed by atoms with Crippen molar-refractivity contribution in [2.45, 2.75) is 26.4 Å². The van der Waals surface area contributed by atoms with Crippen LogP contribution in [-0.4, -0.2) is 29.8 Å². The Bertz CT molecular complexity index is 432. The average molecular weight is 272 g/mol. The van der Waals surface area contributed by atoms with Crippen LogP contribution in [0.1, 0.15) is 31.1 Å². The van der Waals surface area contributed by atoms with Crippen molar-refractivity contribution in [2.75, 3.05) is 18.5 Å². The van der Waals surface area contributed by atoms with E-state index in [1.165, 1.54) is 12.1 Å². The summed E-state index contributed by atoms with van der Waals surface area (Å²) >= 11 is 6.01. The second-order valence-electron chi connectivity index (χ2n) is 4.55. The summed E-state index contributed by atoms with van der Waals surface area (Å²) in [6.07, 6.45) is 0. The maximum atomic E-state index is 10.8. The number of hydrogen-bond donors (Lipinski definition) is 2. The quantitative estimate of drug-likeness (QED) is 0.834. The van der Waals surface area contributed by atoms with Gasteiger partial charge >= 0.3 is 5.97 Å². The van der Waals surface area contributed by atoms with E-state index in [0.29, 0.717) is 23.9 Å².